The lowest BCUT2D eigenvalue weighted by Crippen LogP contribution is -2.40. The first-order valence-electron chi connectivity index (χ1n) is 5.88. The zero-order chi connectivity index (χ0) is 13.2. The molecule has 1 aliphatic rings. The van der Waals surface area contributed by atoms with E-state index >= 15 is 0 Å². The SMILES string of the molecule is O=S(=O)(Cc1ccc(Br)cc1)N1CCC(O)CC1. The van der Waals surface area contributed by atoms with Gasteiger partial charge in [-0.15, -0.1) is 0 Å². The predicted molar refractivity (Wildman–Crippen MR) is 73.6 cm³/mol. The third-order valence-electron chi connectivity index (χ3n) is 3.08. The normalized spacial score (nSPS) is 19.0. The second-order valence-electron chi connectivity index (χ2n) is 4.51. The lowest BCUT2D eigenvalue weighted by atomic mass is 10.1. The Morgan fingerprint density at radius 1 is 1.22 bits per heavy atom. The number of rotatable bonds is 3. The summed E-state index contributed by atoms with van der Waals surface area (Å²) in [6.07, 6.45) is 0.697. The van der Waals surface area contributed by atoms with Gasteiger partial charge in [-0.05, 0) is 30.5 Å². The van der Waals surface area contributed by atoms with Crippen LogP contribution in [0, 0.1) is 0 Å². The molecule has 0 atom stereocenters. The Balaban J connectivity index is 2.05. The van der Waals surface area contributed by atoms with Crippen LogP contribution in [0.1, 0.15) is 18.4 Å². The molecular weight excluding hydrogens is 318 g/mol. The number of nitrogens with zero attached hydrogens (tertiary/aromatic N) is 1. The monoisotopic (exact) mass is 333 g/mol. The number of sulfonamides is 1. The molecule has 1 aliphatic heterocycles. The van der Waals surface area contributed by atoms with E-state index in [-0.39, 0.29) is 11.9 Å². The molecule has 0 unspecified atom stereocenters. The van der Waals surface area contributed by atoms with Crippen molar-refractivity contribution < 1.29 is 13.5 Å². The average molecular weight is 334 g/mol. The molecule has 0 saturated carbocycles. The standard InChI is InChI=1S/C12H16BrNO3S/c13-11-3-1-10(2-4-11)9-18(16,17)14-7-5-12(15)6-8-14/h1-4,12,15H,5-9H2. The molecule has 1 heterocycles. The second kappa shape index (κ2) is 5.69. The minimum absolute atomic E-state index is 0.0242. The lowest BCUT2D eigenvalue weighted by molar-refractivity contribution is 0.113. The molecule has 6 heteroatoms. The fraction of sp³-hybridized carbons (Fsp3) is 0.500. The molecule has 0 radical (unpaired) electrons. The van der Waals surface area contributed by atoms with Gasteiger partial charge in [0.05, 0.1) is 11.9 Å². The number of hydrogen-bond donors (Lipinski definition) is 1. The van der Waals surface area contributed by atoms with Gasteiger partial charge in [0.2, 0.25) is 10.0 Å². The fourth-order valence-corrected chi connectivity index (χ4v) is 3.83. The molecule has 2 rings (SSSR count). The molecule has 1 fully saturated rings. The maximum absolute atomic E-state index is 12.2. The summed E-state index contributed by atoms with van der Waals surface area (Å²) in [5.41, 5.74) is 0.782. The molecule has 0 spiro atoms. The van der Waals surface area contributed by atoms with Crippen LogP contribution in [-0.2, 0) is 15.8 Å². The van der Waals surface area contributed by atoms with Gasteiger partial charge in [-0.2, -0.15) is 0 Å². The molecule has 1 aromatic rings. The molecule has 100 valence electrons. The van der Waals surface area contributed by atoms with E-state index in [1.165, 1.54) is 4.31 Å². The molecule has 0 amide bonds. The summed E-state index contributed by atoms with van der Waals surface area (Å²) in [6, 6.07) is 7.29. The highest BCUT2D eigenvalue weighted by Crippen LogP contribution is 2.18. The van der Waals surface area contributed by atoms with Crippen molar-refractivity contribution >= 4 is 26.0 Å². The van der Waals surface area contributed by atoms with Crippen LogP contribution < -0.4 is 0 Å². The zero-order valence-electron chi connectivity index (χ0n) is 9.92. The van der Waals surface area contributed by atoms with E-state index < -0.39 is 10.0 Å². The number of halogens is 1. The molecule has 0 aliphatic carbocycles. The van der Waals surface area contributed by atoms with Crippen LogP contribution in [-0.4, -0.2) is 37.0 Å². The summed E-state index contributed by atoms with van der Waals surface area (Å²) < 4.78 is 26.8. The van der Waals surface area contributed by atoms with Gasteiger partial charge in [0.15, 0.2) is 0 Å². The summed E-state index contributed by atoms with van der Waals surface area (Å²) in [7, 11) is -3.27. The van der Waals surface area contributed by atoms with E-state index in [1.54, 1.807) is 12.1 Å². The van der Waals surface area contributed by atoms with Gasteiger partial charge in [-0.25, -0.2) is 12.7 Å². The lowest BCUT2D eigenvalue weighted by Gasteiger charge is -2.28. The average Bonchev–Trinajstić information content (AvgIpc) is 2.32. The van der Waals surface area contributed by atoms with Crippen LogP contribution in [0.3, 0.4) is 0 Å². The van der Waals surface area contributed by atoms with Crippen LogP contribution in [0.2, 0.25) is 0 Å². The van der Waals surface area contributed by atoms with Gasteiger partial charge in [0, 0.05) is 17.6 Å². The van der Waals surface area contributed by atoms with Crippen molar-refractivity contribution in [2.45, 2.75) is 24.7 Å². The van der Waals surface area contributed by atoms with Crippen LogP contribution >= 0.6 is 15.9 Å². The Morgan fingerprint density at radius 3 is 2.33 bits per heavy atom. The van der Waals surface area contributed by atoms with Crippen LogP contribution in [0.5, 0.6) is 0 Å². The Morgan fingerprint density at radius 2 is 1.78 bits per heavy atom. The fourth-order valence-electron chi connectivity index (χ4n) is 2.00. The van der Waals surface area contributed by atoms with Gasteiger partial charge in [-0.1, -0.05) is 28.1 Å². The quantitative estimate of drug-likeness (QED) is 0.916. The Kier molecular flexibility index (Phi) is 4.42. The zero-order valence-corrected chi connectivity index (χ0v) is 12.3. The minimum Gasteiger partial charge on any atom is -0.393 e. The van der Waals surface area contributed by atoms with Crippen molar-refractivity contribution in [3.05, 3.63) is 34.3 Å². The van der Waals surface area contributed by atoms with E-state index in [9.17, 15) is 13.5 Å². The summed E-state index contributed by atoms with van der Waals surface area (Å²) in [4.78, 5) is 0. The summed E-state index contributed by atoms with van der Waals surface area (Å²) in [6.45, 7) is 0.833. The highest BCUT2D eigenvalue weighted by Gasteiger charge is 2.27. The Hall–Kier alpha value is -0.430. The minimum atomic E-state index is -3.27. The summed E-state index contributed by atoms with van der Waals surface area (Å²) in [5.74, 6) is 0.0242. The third-order valence-corrected chi connectivity index (χ3v) is 5.46. The molecule has 1 N–H and O–H groups in total. The van der Waals surface area contributed by atoms with Gasteiger partial charge in [0.1, 0.15) is 0 Å². The van der Waals surface area contributed by atoms with E-state index in [4.69, 9.17) is 0 Å². The van der Waals surface area contributed by atoms with E-state index in [1.807, 2.05) is 12.1 Å². The van der Waals surface area contributed by atoms with Crippen molar-refractivity contribution in [2.24, 2.45) is 0 Å². The van der Waals surface area contributed by atoms with Gasteiger partial charge < -0.3 is 5.11 Å². The second-order valence-corrected chi connectivity index (χ2v) is 7.40. The number of aliphatic hydroxyl groups excluding tert-OH is 1. The first-order chi connectivity index (χ1) is 8.47. The van der Waals surface area contributed by atoms with E-state index in [0.717, 1.165) is 10.0 Å². The van der Waals surface area contributed by atoms with Crippen molar-refractivity contribution in [3.8, 4) is 0 Å². The Bertz CT molecular complexity index is 493. The Labute approximate surface area is 116 Å². The molecule has 4 nitrogen and oxygen atoms in total. The smallest absolute Gasteiger partial charge is 0.218 e. The molecule has 1 aromatic carbocycles. The largest absolute Gasteiger partial charge is 0.393 e. The van der Waals surface area contributed by atoms with E-state index in [0.29, 0.717) is 25.9 Å². The maximum Gasteiger partial charge on any atom is 0.218 e. The molecule has 0 bridgehead atoms. The highest BCUT2D eigenvalue weighted by molar-refractivity contribution is 9.10. The number of piperidine rings is 1. The number of hydrogen-bond acceptors (Lipinski definition) is 3. The van der Waals surface area contributed by atoms with Crippen LogP contribution in [0.25, 0.3) is 0 Å². The van der Waals surface area contributed by atoms with Crippen LogP contribution in [0.15, 0.2) is 28.7 Å². The summed E-state index contributed by atoms with van der Waals surface area (Å²) >= 11 is 3.32. The maximum atomic E-state index is 12.2. The van der Waals surface area contributed by atoms with Gasteiger partial charge in [-0.3, -0.25) is 0 Å². The first kappa shape index (κ1) is 14.0. The molecular formula is C12H16BrNO3S. The van der Waals surface area contributed by atoms with Crippen LogP contribution in [0.4, 0.5) is 0 Å². The van der Waals surface area contributed by atoms with Crippen molar-refractivity contribution in [1.82, 2.24) is 4.31 Å². The molecule has 18 heavy (non-hydrogen) atoms. The first-order valence-corrected chi connectivity index (χ1v) is 8.28. The van der Waals surface area contributed by atoms with E-state index in [2.05, 4.69) is 15.9 Å². The summed E-state index contributed by atoms with van der Waals surface area (Å²) in [5, 5.41) is 9.39. The van der Waals surface area contributed by atoms with Crippen molar-refractivity contribution in [3.63, 3.8) is 0 Å². The molecule has 0 aromatic heterocycles. The highest BCUT2D eigenvalue weighted by atomic mass is 79.9. The van der Waals surface area contributed by atoms with Gasteiger partial charge in [0.25, 0.3) is 0 Å². The number of benzene rings is 1. The topological polar surface area (TPSA) is 57.6 Å². The molecule has 1 saturated heterocycles. The van der Waals surface area contributed by atoms with Crippen molar-refractivity contribution in [2.75, 3.05) is 13.1 Å². The van der Waals surface area contributed by atoms with Crippen molar-refractivity contribution in [1.29, 1.82) is 0 Å². The number of aliphatic hydroxyl groups is 1. The third kappa shape index (κ3) is 3.54. The van der Waals surface area contributed by atoms with Gasteiger partial charge >= 0.3 is 0 Å². The predicted octanol–water partition coefficient (Wildman–Crippen LogP) is 1.74.